The van der Waals surface area contributed by atoms with Crippen molar-refractivity contribution in [2.24, 2.45) is 4.99 Å². The Morgan fingerprint density at radius 3 is 2.21 bits per heavy atom. The van der Waals surface area contributed by atoms with Crippen molar-refractivity contribution in [2.45, 2.75) is 51.3 Å². The number of alkyl halides is 6. The molecule has 2 aromatic carbocycles. The fraction of sp³-hybridized carbons (Fsp3) is 0.296. The molecule has 4 rings (SSSR count). The van der Waals surface area contributed by atoms with Gasteiger partial charge < -0.3 is 4.74 Å². The van der Waals surface area contributed by atoms with Crippen molar-refractivity contribution >= 4 is 17.3 Å². The summed E-state index contributed by atoms with van der Waals surface area (Å²) >= 11 is 0. The van der Waals surface area contributed by atoms with Crippen molar-refractivity contribution in [3.8, 4) is 5.75 Å². The molecule has 1 amide bonds. The third-order valence-electron chi connectivity index (χ3n) is 6.11. The first kappa shape index (κ1) is 27.2. The number of aliphatic imine (C=N–C) groups is 1. The van der Waals surface area contributed by atoms with E-state index in [1.54, 1.807) is 13.8 Å². The number of hydrogen-bond donors (Lipinski definition) is 0. The predicted octanol–water partition coefficient (Wildman–Crippen LogP) is 7.16. The van der Waals surface area contributed by atoms with E-state index >= 15 is 0 Å². The average Bonchev–Trinajstić information content (AvgIpc) is 3.13. The largest absolute Gasteiger partial charge is 0.573 e. The van der Waals surface area contributed by atoms with E-state index in [9.17, 15) is 31.1 Å². The maximum absolute atomic E-state index is 13.6. The second kappa shape index (κ2) is 9.77. The second-order valence-corrected chi connectivity index (χ2v) is 9.40. The SMILES string of the molecule is Cc1cccc(C2CC(=NC(C)(C)c3ccc(C(F)(F)F)nc3)C(=O)N2c2ccc(OC(F)(F)F)cc2)c1. The second-order valence-electron chi connectivity index (χ2n) is 9.40. The van der Waals surface area contributed by atoms with Crippen LogP contribution in [0.25, 0.3) is 0 Å². The standard InChI is InChI=1S/C27H23F6N3O2/c1-16-5-4-6-17(13-16)22-14-21(35-25(2,3)18-7-12-23(34-15-18)26(28,29)30)24(37)36(22)19-8-10-20(11-9-19)38-27(31,32)33/h4-13,15,22H,14H2,1-3H3. The number of rotatable bonds is 5. The van der Waals surface area contributed by atoms with Crippen LogP contribution in [0.5, 0.6) is 5.75 Å². The molecule has 0 radical (unpaired) electrons. The minimum absolute atomic E-state index is 0.178. The zero-order valence-electron chi connectivity index (χ0n) is 20.6. The lowest BCUT2D eigenvalue weighted by Gasteiger charge is -2.25. The van der Waals surface area contributed by atoms with E-state index in [2.05, 4.69) is 14.7 Å². The molecule has 1 aromatic heterocycles. The van der Waals surface area contributed by atoms with Crippen molar-refractivity contribution in [1.82, 2.24) is 4.98 Å². The predicted molar refractivity (Wildman–Crippen MR) is 129 cm³/mol. The molecule has 11 heteroatoms. The van der Waals surface area contributed by atoms with E-state index in [-0.39, 0.29) is 12.1 Å². The molecule has 1 unspecified atom stereocenters. The van der Waals surface area contributed by atoms with Crippen LogP contribution in [0.4, 0.5) is 32.0 Å². The molecule has 5 nitrogen and oxygen atoms in total. The van der Waals surface area contributed by atoms with Gasteiger partial charge in [-0.3, -0.25) is 19.7 Å². The molecule has 0 N–H and O–H groups in total. The molecular formula is C27H23F6N3O2. The van der Waals surface area contributed by atoms with E-state index in [1.807, 2.05) is 31.2 Å². The number of pyridine rings is 1. The third kappa shape index (κ3) is 5.98. The number of halogens is 6. The van der Waals surface area contributed by atoms with Crippen LogP contribution in [0.2, 0.25) is 0 Å². The summed E-state index contributed by atoms with van der Waals surface area (Å²) in [7, 11) is 0. The van der Waals surface area contributed by atoms with Crippen molar-refractivity contribution in [3.05, 3.63) is 89.2 Å². The fourth-order valence-electron chi connectivity index (χ4n) is 4.31. The van der Waals surface area contributed by atoms with Crippen molar-refractivity contribution in [2.75, 3.05) is 4.90 Å². The highest BCUT2D eigenvalue weighted by atomic mass is 19.4. The maximum atomic E-state index is 13.6. The Morgan fingerprint density at radius 1 is 0.974 bits per heavy atom. The summed E-state index contributed by atoms with van der Waals surface area (Å²) in [5.74, 6) is -0.890. The number of amides is 1. The number of carbonyl (C=O) groups is 1. The number of benzene rings is 2. The van der Waals surface area contributed by atoms with Gasteiger partial charge in [-0.25, -0.2) is 0 Å². The molecule has 2 heterocycles. The topological polar surface area (TPSA) is 54.8 Å². The minimum atomic E-state index is -4.85. The van der Waals surface area contributed by atoms with Gasteiger partial charge in [-0.05, 0) is 62.2 Å². The first-order valence-electron chi connectivity index (χ1n) is 11.5. The van der Waals surface area contributed by atoms with Gasteiger partial charge in [0, 0.05) is 18.3 Å². The van der Waals surface area contributed by atoms with E-state index in [1.165, 1.54) is 23.1 Å². The van der Waals surface area contributed by atoms with E-state index in [4.69, 9.17) is 0 Å². The van der Waals surface area contributed by atoms with Crippen LogP contribution >= 0.6 is 0 Å². The van der Waals surface area contributed by atoms with Gasteiger partial charge in [0.05, 0.1) is 11.6 Å². The van der Waals surface area contributed by atoms with Gasteiger partial charge in [-0.15, -0.1) is 13.2 Å². The summed E-state index contributed by atoms with van der Waals surface area (Å²) in [4.78, 5) is 23.2. The smallest absolute Gasteiger partial charge is 0.406 e. The molecular weight excluding hydrogens is 512 g/mol. The molecule has 1 aliphatic rings. The summed E-state index contributed by atoms with van der Waals surface area (Å²) in [5, 5.41) is 0. The number of aryl methyl sites for hydroxylation is 1. The van der Waals surface area contributed by atoms with Gasteiger partial charge >= 0.3 is 12.5 Å². The van der Waals surface area contributed by atoms with Crippen molar-refractivity contribution < 1.29 is 35.9 Å². The van der Waals surface area contributed by atoms with Crippen LogP contribution in [0, 0.1) is 6.92 Å². The van der Waals surface area contributed by atoms with Gasteiger partial charge in [0.25, 0.3) is 5.91 Å². The normalized spacial score (nSPS) is 17.8. The molecule has 1 saturated heterocycles. The number of nitrogens with zero attached hydrogens (tertiary/aromatic N) is 3. The summed E-state index contributed by atoms with van der Waals surface area (Å²) in [6, 6.07) is 14.1. The number of anilines is 1. The monoisotopic (exact) mass is 535 g/mol. The van der Waals surface area contributed by atoms with Crippen LogP contribution in [0.3, 0.4) is 0 Å². The van der Waals surface area contributed by atoms with Gasteiger partial charge in [-0.2, -0.15) is 13.2 Å². The van der Waals surface area contributed by atoms with Gasteiger partial charge in [0.15, 0.2) is 0 Å². The van der Waals surface area contributed by atoms with Gasteiger partial charge in [0.1, 0.15) is 17.2 Å². The van der Waals surface area contributed by atoms with Crippen molar-refractivity contribution in [3.63, 3.8) is 0 Å². The highest BCUT2D eigenvalue weighted by molar-refractivity contribution is 6.46. The van der Waals surface area contributed by atoms with E-state index in [0.717, 1.165) is 35.5 Å². The Hall–Kier alpha value is -3.89. The molecule has 1 aliphatic heterocycles. The van der Waals surface area contributed by atoms with Crippen molar-refractivity contribution in [1.29, 1.82) is 0 Å². The Kier molecular flexibility index (Phi) is 6.98. The Bertz CT molecular complexity index is 1350. The lowest BCUT2D eigenvalue weighted by molar-refractivity contribution is -0.274. The molecule has 3 aromatic rings. The molecule has 200 valence electrons. The van der Waals surface area contributed by atoms with Crippen LogP contribution < -0.4 is 9.64 Å². The molecule has 38 heavy (non-hydrogen) atoms. The molecule has 0 bridgehead atoms. The molecule has 1 atom stereocenters. The zero-order chi connectivity index (χ0) is 27.9. The molecule has 1 fully saturated rings. The lowest BCUT2D eigenvalue weighted by Crippen LogP contribution is -2.30. The molecule has 0 saturated carbocycles. The highest BCUT2D eigenvalue weighted by Gasteiger charge is 2.40. The molecule has 0 spiro atoms. The van der Waals surface area contributed by atoms with Gasteiger partial charge in [0.2, 0.25) is 0 Å². The summed E-state index contributed by atoms with van der Waals surface area (Å²) < 4.78 is 80.5. The summed E-state index contributed by atoms with van der Waals surface area (Å²) in [6.45, 7) is 5.21. The average molecular weight is 535 g/mol. The zero-order valence-corrected chi connectivity index (χ0v) is 20.6. The van der Waals surface area contributed by atoms with Crippen LogP contribution in [-0.2, 0) is 16.5 Å². The fourth-order valence-corrected chi connectivity index (χ4v) is 4.31. The minimum Gasteiger partial charge on any atom is -0.406 e. The van der Waals surface area contributed by atoms with Crippen LogP contribution in [0.15, 0.2) is 71.9 Å². The van der Waals surface area contributed by atoms with E-state index in [0.29, 0.717) is 11.3 Å². The van der Waals surface area contributed by atoms with Crippen LogP contribution in [0.1, 0.15) is 48.7 Å². The number of ether oxygens (including phenoxy) is 1. The number of aromatic nitrogens is 1. The number of carbonyl (C=O) groups excluding carboxylic acids is 1. The van der Waals surface area contributed by atoms with Gasteiger partial charge in [-0.1, -0.05) is 35.9 Å². The van der Waals surface area contributed by atoms with E-state index < -0.39 is 41.5 Å². The first-order valence-corrected chi connectivity index (χ1v) is 11.5. The lowest BCUT2D eigenvalue weighted by atomic mass is 9.95. The quantitative estimate of drug-likeness (QED) is 0.326. The highest BCUT2D eigenvalue weighted by Crippen LogP contribution is 2.39. The third-order valence-corrected chi connectivity index (χ3v) is 6.11. The Morgan fingerprint density at radius 2 is 1.66 bits per heavy atom. The summed E-state index contributed by atoms with van der Waals surface area (Å²) in [5.41, 5.74) is 0.528. The number of hydrogen-bond acceptors (Lipinski definition) is 4. The summed E-state index contributed by atoms with van der Waals surface area (Å²) in [6.07, 6.45) is -8.17. The first-order chi connectivity index (χ1) is 17.6. The maximum Gasteiger partial charge on any atom is 0.573 e. The molecule has 0 aliphatic carbocycles. The Labute approximate surface area is 214 Å². The Balaban J connectivity index is 1.70. The van der Waals surface area contributed by atoms with Crippen LogP contribution in [-0.4, -0.2) is 23.0 Å².